The van der Waals surface area contributed by atoms with Crippen molar-refractivity contribution < 1.29 is 4.42 Å². The van der Waals surface area contributed by atoms with E-state index in [1.54, 1.807) is 6.26 Å². The van der Waals surface area contributed by atoms with Crippen LogP contribution in [-0.2, 0) is 0 Å². The van der Waals surface area contributed by atoms with Crippen LogP contribution in [0.15, 0.2) is 22.8 Å². The molecule has 0 radical (unpaired) electrons. The highest BCUT2D eigenvalue weighted by Gasteiger charge is 2.36. The van der Waals surface area contributed by atoms with Crippen LogP contribution in [0.3, 0.4) is 0 Å². The maximum absolute atomic E-state index is 6.40. The molecule has 1 aromatic rings. The minimum absolute atomic E-state index is 0.170. The Morgan fingerprint density at radius 1 is 1.26 bits per heavy atom. The van der Waals surface area contributed by atoms with Gasteiger partial charge in [-0.2, -0.15) is 0 Å². The van der Waals surface area contributed by atoms with Gasteiger partial charge in [0.1, 0.15) is 5.76 Å². The predicted molar refractivity (Wildman–Crippen MR) is 76.7 cm³/mol. The summed E-state index contributed by atoms with van der Waals surface area (Å²) in [6, 6.07) is 4.51. The molecular weight excluding hydrogens is 236 g/mol. The Kier molecular flexibility index (Phi) is 3.94. The summed E-state index contributed by atoms with van der Waals surface area (Å²) in [6.07, 6.45) is 8.36. The van der Waals surface area contributed by atoms with E-state index >= 15 is 0 Å². The lowest BCUT2D eigenvalue weighted by atomic mass is 10.0. The van der Waals surface area contributed by atoms with Gasteiger partial charge in [0, 0.05) is 19.1 Å². The lowest BCUT2D eigenvalue weighted by Gasteiger charge is -2.34. The van der Waals surface area contributed by atoms with E-state index in [1.165, 1.54) is 38.8 Å². The number of nitrogens with zero attached hydrogens (tertiary/aromatic N) is 1. The fraction of sp³-hybridized carbons (Fsp3) is 0.750. The van der Waals surface area contributed by atoms with Crippen LogP contribution in [0.2, 0.25) is 0 Å². The molecule has 2 aliphatic carbocycles. The maximum Gasteiger partial charge on any atom is 0.122 e. The molecule has 106 valence electrons. The van der Waals surface area contributed by atoms with E-state index in [0.717, 1.165) is 24.0 Å². The van der Waals surface area contributed by atoms with Crippen molar-refractivity contribution in [2.45, 2.75) is 51.1 Å². The molecule has 3 rings (SSSR count). The van der Waals surface area contributed by atoms with E-state index in [-0.39, 0.29) is 12.1 Å². The molecule has 0 saturated heterocycles. The van der Waals surface area contributed by atoms with Crippen LogP contribution in [0.5, 0.6) is 0 Å². The van der Waals surface area contributed by atoms with Gasteiger partial charge in [-0.3, -0.25) is 4.90 Å². The summed E-state index contributed by atoms with van der Waals surface area (Å²) < 4.78 is 5.68. The molecule has 2 unspecified atom stereocenters. The van der Waals surface area contributed by atoms with Gasteiger partial charge < -0.3 is 10.2 Å². The standard InChI is InChI=1S/C16H26N2O/c1-2-14(17)16(15-4-3-9-19-15)18(10-12-5-6-12)11-13-7-8-13/h3-4,9,12-14,16H,2,5-8,10-11,17H2,1H3. The molecule has 1 heterocycles. The molecule has 0 aromatic carbocycles. The topological polar surface area (TPSA) is 42.4 Å². The highest BCUT2D eigenvalue weighted by Crippen LogP contribution is 2.38. The number of nitrogens with two attached hydrogens (primary N) is 1. The van der Waals surface area contributed by atoms with Crippen molar-refractivity contribution in [2.24, 2.45) is 17.6 Å². The van der Waals surface area contributed by atoms with Crippen molar-refractivity contribution in [2.75, 3.05) is 13.1 Å². The molecule has 0 aliphatic heterocycles. The lowest BCUT2D eigenvalue weighted by molar-refractivity contribution is 0.135. The first kappa shape index (κ1) is 13.2. The van der Waals surface area contributed by atoms with Gasteiger partial charge in [0.25, 0.3) is 0 Å². The molecule has 3 heteroatoms. The van der Waals surface area contributed by atoms with E-state index in [2.05, 4.69) is 17.9 Å². The summed E-state index contributed by atoms with van der Waals surface area (Å²) in [4.78, 5) is 2.61. The summed E-state index contributed by atoms with van der Waals surface area (Å²) in [7, 11) is 0. The average molecular weight is 262 g/mol. The van der Waals surface area contributed by atoms with Crippen LogP contribution < -0.4 is 5.73 Å². The summed E-state index contributed by atoms with van der Waals surface area (Å²) in [6.45, 7) is 4.58. The Morgan fingerprint density at radius 2 is 1.89 bits per heavy atom. The molecule has 0 amide bonds. The maximum atomic E-state index is 6.40. The van der Waals surface area contributed by atoms with Crippen molar-refractivity contribution >= 4 is 0 Å². The molecule has 3 nitrogen and oxygen atoms in total. The van der Waals surface area contributed by atoms with Crippen LogP contribution in [0, 0.1) is 11.8 Å². The second kappa shape index (κ2) is 5.68. The first-order valence-corrected chi connectivity index (χ1v) is 7.81. The van der Waals surface area contributed by atoms with E-state index in [4.69, 9.17) is 10.2 Å². The molecule has 2 saturated carbocycles. The predicted octanol–water partition coefficient (Wildman–Crippen LogP) is 3.18. The minimum Gasteiger partial charge on any atom is -0.468 e. The van der Waals surface area contributed by atoms with Gasteiger partial charge in [0.15, 0.2) is 0 Å². The number of hydrogen-bond acceptors (Lipinski definition) is 3. The minimum atomic E-state index is 0.170. The van der Waals surface area contributed by atoms with E-state index < -0.39 is 0 Å². The van der Waals surface area contributed by atoms with Crippen LogP contribution in [-0.4, -0.2) is 24.0 Å². The second-order valence-corrected chi connectivity index (χ2v) is 6.37. The highest BCUT2D eigenvalue weighted by atomic mass is 16.3. The second-order valence-electron chi connectivity index (χ2n) is 6.37. The fourth-order valence-electron chi connectivity index (χ4n) is 2.91. The summed E-state index contributed by atoms with van der Waals surface area (Å²) in [5.41, 5.74) is 6.40. The molecular formula is C16H26N2O. The van der Waals surface area contributed by atoms with Gasteiger partial charge in [0.2, 0.25) is 0 Å². The van der Waals surface area contributed by atoms with Gasteiger partial charge >= 0.3 is 0 Å². The lowest BCUT2D eigenvalue weighted by Crippen LogP contribution is -2.42. The monoisotopic (exact) mass is 262 g/mol. The van der Waals surface area contributed by atoms with Crippen molar-refractivity contribution in [1.29, 1.82) is 0 Å². The van der Waals surface area contributed by atoms with E-state index in [1.807, 2.05) is 6.07 Å². The molecule has 2 fully saturated rings. The van der Waals surface area contributed by atoms with E-state index in [0.29, 0.717) is 0 Å². The zero-order chi connectivity index (χ0) is 13.2. The first-order valence-electron chi connectivity index (χ1n) is 7.81. The van der Waals surface area contributed by atoms with Crippen molar-refractivity contribution in [1.82, 2.24) is 4.90 Å². The van der Waals surface area contributed by atoms with Gasteiger partial charge in [-0.15, -0.1) is 0 Å². The molecule has 1 aromatic heterocycles. The number of hydrogen-bond donors (Lipinski definition) is 1. The Hall–Kier alpha value is -0.800. The third-order valence-electron chi connectivity index (χ3n) is 4.48. The summed E-state index contributed by atoms with van der Waals surface area (Å²) in [5.74, 6) is 2.86. The number of furan rings is 1. The van der Waals surface area contributed by atoms with Crippen LogP contribution in [0.25, 0.3) is 0 Å². The van der Waals surface area contributed by atoms with Crippen molar-refractivity contribution in [3.05, 3.63) is 24.2 Å². The number of rotatable bonds is 8. The zero-order valence-electron chi connectivity index (χ0n) is 11.9. The van der Waals surface area contributed by atoms with Crippen molar-refractivity contribution in [3.8, 4) is 0 Å². The molecule has 2 atom stereocenters. The van der Waals surface area contributed by atoms with Crippen LogP contribution in [0.1, 0.15) is 50.8 Å². The summed E-state index contributed by atoms with van der Waals surface area (Å²) in [5, 5.41) is 0. The quantitative estimate of drug-likeness (QED) is 0.782. The largest absolute Gasteiger partial charge is 0.468 e. The van der Waals surface area contributed by atoms with Gasteiger partial charge in [-0.25, -0.2) is 0 Å². The van der Waals surface area contributed by atoms with Crippen LogP contribution >= 0.6 is 0 Å². The molecule has 2 N–H and O–H groups in total. The Labute approximate surface area is 116 Å². The Balaban J connectivity index is 1.76. The molecule has 19 heavy (non-hydrogen) atoms. The third kappa shape index (κ3) is 3.40. The van der Waals surface area contributed by atoms with Crippen LogP contribution in [0.4, 0.5) is 0 Å². The SMILES string of the molecule is CCC(N)C(c1ccco1)N(CC1CC1)CC1CC1. The van der Waals surface area contributed by atoms with Gasteiger partial charge in [-0.05, 0) is 56.1 Å². The van der Waals surface area contributed by atoms with Crippen molar-refractivity contribution in [3.63, 3.8) is 0 Å². The molecule has 2 aliphatic rings. The normalized spacial score (nSPS) is 22.7. The highest BCUT2D eigenvalue weighted by molar-refractivity contribution is 5.08. The third-order valence-corrected chi connectivity index (χ3v) is 4.48. The average Bonchev–Trinajstić information content (AvgIpc) is 3.33. The smallest absolute Gasteiger partial charge is 0.122 e. The van der Waals surface area contributed by atoms with E-state index in [9.17, 15) is 0 Å². The summed E-state index contributed by atoms with van der Waals surface area (Å²) >= 11 is 0. The van der Waals surface area contributed by atoms with Gasteiger partial charge in [0.05, 0.1) is 12.3 Å². The first-order chi connectivity index (χ1) is 9.28. The Morgan fingerprint density at radius 3 is 2.32 bits per heavy atom. The molecule has 0 spiro atoms. The fourth-order valence-corrected chi connectivity index (χ4v) is 2.91. The zero-order valence-corrected chi connectivity index (χ0v) is 11.9. The molecule has 0 bridgehead atoms. The Bertz CT molecular complexity index is 367. The van der Waals surface area contributed by atoms with Gasteiger partial charge in [-0.1, -0.05) is 6.92 Å².